The normalized spacial score (nSPS) is 17.8. The van der Waals surface area contributed by atoms with Gasteiger partial charge in [0.25, 0.3) is 0 Å². The van der Waals surface area contributed by atoms with Crippen molar-refractivity contribution in [2.75, 3.05) is 24.5 Å². The standard InChI is InChI=1S/C16H22N2O3/c1-2-17(13-7-4-3-5-8-13)12-10-15(19)18-11-6-9-14(18)16(20)21/h3-5,7-8,14H,2,6,9-12H2,1H3,(H,20,21). The summed E-state index contributed by atoms with van der Waals surface area (Å²) < 4.78 is 0. The minimum absolute atomic E-state index is 0.0609. The maximum Gasteiger partial charge on any atom is 0.326 e. The van der Waals surface area contributed by atoms with Crippen LogP contribution in [-0.4, -0.2) is 47.6 Å². The van der Waals surface area contributed by atoms with E-state index >= 15 is 0 Å². The quantitative estimate of drug-likeness (QED) is 0.870. The molecule has 114 valence electrons. The van der Waals surface area contributed by atoms with Crippen LogP contribution in [0.2, 0.25) is 0 Å². The summed E-state index contributed by atoms with van der Waals surface area (Å²) in [7, 11) is 0. The van der Waals surface area contributed by atoms with Gasteiger partial charge in [0.05, 0.1) is 0 Å². The predicted octanol–water partition coefficient (Wildman–Crippen LogP) is 1.98. The molecule has 0 bridgehead atoms. The number of amides is 1. The summed E-state index contributed by atoms with van der Waals surface area (Å²) >= 11 is 0. The molecule has 0 saturated carbocycles. The van der Waals surface area contributed by atoms with Crippen LogP contribution in [0.25, 0.3) is 0 Å². The molecule has 1 heterocycles. The molecule has 1 unspecified atom stereocenters. The van der Waals surface area contributed by atoms with Gasteiger partial charge in [0, 0.05) is 31.7 Å². The Morgan fingerprint density at radius 3 is 2.67 bits per heavy atom. The third-order valence-electron chi connectivity index (χ3n) is 3.96. The molecular weight excluding hydrogens is 268 g/mol. The van der Waals surface area contributed by atoms with Gasteiger partial charge in [-0.25, -0.2) is 4.79 Å². The van der Waals surface area contributed by atoms with Gasteiger partial charge < -0.3 is 14.9 Å². The molecule has 0 radical (unpaired) electrons. The molecule has 21 heavy (non-hydrogen) atoms. The van der Waals surface area contributed by atoms with Crippen LogP contribution in [0, 0.1) is 0 Å². The lowest BCUT2D eigenvalue weighted by molar-refractivity contribution is -0.148. The van der Waals surface area contributed by atoms with Gasteiger partial charge in [-0.05, 0) is 31.9 Å². The van der Waals surface area contributed by atoms with E-state index in [0.717, 1.165) is 18.7 Å². The van der Waals surface area contributed by atoms with E-state index in [1.165, 1.54) is 4.90 Å². The molecule has 5 heteroatoms. The van der Waals surface area contributed by atoms with Crippen molar-refractivity contribution in [3.8, 4) is 0 Å². The highest BCUT2D eigenvalue weighted by Gasteiger charge is 2.33. The number of rotatable bonds is 6. The SMILES string of the molecule is CCN(CCC(=O)N1CCCC1C(=O)O)c1ccccc1. The highest BCUT2D eigenvalue weighted by atomic mass is 16.4. The number of aliphatic carboxylic acids is 1. The van der Waals surface area contributed by atoms with Crippen molar-refractivity contribution in [2.24, 2.45) is 0 Å². The minimum atomic E-state index is -0.892. The molecule has 1 aliphatic rings. The maximum atomic E-state index is 12.2. The number of hydrogen-bond donors (Lipinski definition) is 1. The second-order valence-corrected chi connectivity index (χ2v) is 5.25. The number of para-hydroxylation sites is 1. The number of benzene rings is 1. The van der Waals surface area contributed by atoms with Crippen LogP contribution in [0.15, 0.2) is 30.3 Å². The Morgan fingerprint density at radius 2 is 2.05 bits per heavy atom. The average molecular weight is 290 g/mol. The van der Waals surface area contributed by atoms with E-state index in [1.54, 1.807) is 0 Å². The third-order valence-corrected chi connectivity index (χ3v) is 3.96. The van der Waals surface area contributed by atoms with Crippen LogP contribution in [-0.2, 0) is 9.59 Å². The van der Waals surface area contributed by atoms with E-state index in [4.69, 9.17) is 5.11 Å². The molecule has 1 atom stereocenters. The number of nitrogens with zero attached hydrogens (tertiary/aromatic N) is 2. The molecule has 0 spiro atoms. The van der Waals surface area contributed by atoms with Gasteiger partial charge in [0.1, 0.15) is 6.04 Å². The molecule has 1 amide bonds. The van der Waals surface area contributed by atoms with E-state index in [0.29, 0.717) is 25.9 Å². The van der Waals surface area contributed by atoms with Crippen molar-refractivity contribution < 1.29 is 14.7 Å². The number of likely N-dealkylation sites (tertiary alicyclic amines) is 1. The first-order valence-electron chi connectivity index (χ1n) is 7.45. The Labute approximate surface area is 125 Å². The molecular formula is C16H22N2O3. The smallest absolute Gasteiger partial charge is 0.326 e. The average Bonchev–Trinajstić information content (AvgIpc) is 2.98. The predicted molar refractivity (Wildman–Crippen MR) is 81.3 cm³/mol. The summed E-state index contributed by atoms with van der Waals surface area (Å²) in [6.07, 6.45) is 1.70. The van der Waals surface area contributed by atoms with E-state index in [9.17, 15) is 9.59 Å². The number of carboxylic acid groups (broad SMARTS) is 1. The van der Waals surface area contributed by atoms with Gasteiger partial charge in [-0.2, -0.15) is 0 Å². The van der Waals surface area contributed by atoms with Crippen molar-refractivity contribution in [2.45, 2.75) is 32.2 Å². The Balaban J connectivity index is 1.92. The second-order valence-electron chi connectivity index (χ2n) is 5.25. The maximum absolute atomic E-state index is 12.2. The lowest BCUT2D eigenvalue weighted by atomic mass is 10.2. The molecule has 2 rings (SSSR count). The largest absolute Gasteiger partial charge is 0.480 e. The van der Waals surface area contributed by atoms with Crippen molar-refractivity contribution in [3.63, 3.8) is 0 Å². The molecule has 1 aromatic carbocycles. The van der Waals surface area contributed by atoms with E-state index < -0.39 is 12.0 Å². The molecule has 1 aromatic rings. The van der Waals surface area contributed by atoms with Crippen LogP contribution in [0.1, 0.15) is 26.2 Å². The summed E-state index contributed by atoms with van der Waals surface area (Å²) in [5.74, 6) is -0.953. The number of carbonyl (C=O) groups is 2. The van der Waals surface area contributed by atoms with Crippen LogP contribution in [0.3, 0.4) is 0 Å². The number of anilines is 1. The zero-order valence-corrected chi connectivity index (χ0v) is 12.4. The zero-order chi connectivity index (χ0) is 15.2. The van der Waals surface area contributed by atoms with Crippen LogP contribution >= 0.6 is 0 Å². The third kappa shape index (κ3) is 3.74. The van der Waals surface area contributed by atoms with E-state index in [1.807, 2.05) is 37.3 Å². The fraction of sp³-hybridized carbons (Fsp3) is 0.500. The minimum Gasteiger partial charge on any atom is -0.480 e. The van der Waals surface area contributed by atoms with Crippen molar-refractivity contribution in [3.05, 3.63) is 30.3 Å². The van der Waals surface area contributed by atoms with Crippen molar-refractivity contribution >= 4 is 17.6 Å². The Hall–Kier alpha value is -2.04. The summed E-state index contributed by atoms with van der Waals surface area (Å²) in [6.45, 7) is 4.04. The monoisotopic (exact) mass is 290 g/mol. The molecule has 1 N–H and O–H groups in total. The van der Waals surface area contributed by atoms with Crippen LogP contribution in [0.4, 0.5) is 5.69 Å². The van der Waals surface area contributed by atoms with Crippen molar-refractivity contribution in [1.29, 1.82) is 0 Å². The lowest BCUT2D eigenvalue weighted by Gasteiger charge is -2.26. The summed E-state index contributed by atoms with van der Waals surface area (Å²) in [4.78, 5) is 27.0. The van der Waals surface area contributed by atoms with E-state index in [2.05, 4.69) is 4.90 Å². The van der Waals surface area contributed by atoms with Crippen molar-refractivity contribution in [1.82, 2.24) is 4.90 Å². The van der Waals surface area contributed by atoms with Gasteiger partial charge in [-0.3, -0.25) is 4.79 Å². The van der Waals surface area contributed by atoms with Gasteiger partial charge in [-0.15, -0.1) is 0 Å². The second kappa shape index (κ2) is 7.11. The van der Waals surface area contributed by atoms with Crippen LogP contribution < -0.4 is 4.90 Å². The molecule has 1 aliphatic heterocycles. The highest BCUT2D eigenvalue weighted by molar-refractivity contribution is 5.84. The van der Waals surface area contributed by atoms with Gasteiger partial charge in [0.2, 0.25) is 5.91 Å². The topological polar surface area (TPSA) is 60.9 Å². The highest BCUT2D eigenvalue weighted by Crippen LogP contribution is 2.19. The fourth-order valence-electron chi connectivity index (χ4n) is 2.80. The first-order valence-corrected chi connectivity index (χ1v) is 7.45. The van der Waals surface area contributed by atoms with Gasteiger partial charge in [0.15, 0.2) is 0 Å². The number of carbonyl (C=O) groups excluding carboxylic acids is 1. The molecule has 1 saturated heterocycles. The lowest BCUT2D eigenvalue weighted by Crippen LogP contribution is -2.41. The zero-order valence-electron chi connectivity index (χ0n) is 12.4. The fourth-order valence-corrected chi connectivity index (χ4v) is 2.80. The Kier molecular flexibility index (Phi) is 5.20. The Bertz CT molecular complexity index is 490. The molecule has 0 aliphatic carbocycles. The summed E-state index contributed by atoms with van der Waals surface area (Å²) in [6, 6.07) is 9.31. The first-order chi connectivity index (χ1) is 10.1. The molecule has 1 fully saturated rings. The van der Waals surface area contributed by atoms with E-state index in [-0.39, 0.29) is 5.91 Å². The van der Waals surface area contributed by atoms with Gasteiger partial charge >= 0.3 is 5.97 Å². The number of carboxylic acids is 1. The summed E-state index contributed by atoms with van der Waals surface area (Å²) in [5, 5.41) is 9.13. The molecule has 5 nitrogen and oxygen atoms in total. The summed E-state index contributed by atoms with van der Waals surface area (Å²) in [5.41, 5.74) is 1.09. The van der Waals surface area contributed by atoms with Gasteiger partial charge in [-0.1, -0.05) is 18.2 Å². The first kappa shape index (κ1) is 15.4. The molecule has 0 aromatic heterocycles. The Morgan fingerprint density at radius 1 is 1.33 bits per heavy atom. The van der Waals surface area contributed by atoms with Crippen LogP contribution in [0.5, 0.6) is 0 Å². The number of hydrogen-bond acceptors (Lipinski definition) is 3.